The smallest absolute Gasteiger partial charge is 0.254 e. The number of carbonyl (C=O) groups excluding carboxylic acids is 1. The second-order valence-electron chi connectivity index (χ2n) is 4.03. The Balaban J connectivity index is 1.88. The molecule has 1 aromatic heterocycles. The van der Waals surface area contributed by atoms with Crippen molar-refractivity contribution in [1.29, 1.82) is 0 Å². The van der Waals surface area contributed by atoms with Gasteiger partial charge < -0.3 is 10.4 Å². The molecule has 0 atom stereocenters. The summed E-state index contributed by atoms with van der Waals surface area (Å²) in [7, 11) is 0. The summed E-state index contributed by atoms with van der Waals surface area (Å²) >= 11 is 0. The summed E-state index contributed by atoms with van der Waals surface area (Å²) in [5.74, 6) is -0.894. The normalized spacial score (nSPS) is 10.2. The minimum Gasteiger partial charge on any atom is -0.508 e. The molecule has 0 radical (unpaired) electrons. The molecule has 19 heavy (non-hydrogen) atoms. The topological polar surface area (TPSA) is 62.2 Å². The van der Waals surface area contributed by atoms with Gasteiger partial charge in [-0.1, -0.05) is 12.1 Å². The molecular formula is C14H13FN2O2. The van der Waals surface area contributed by atoms with Gasteiger partial charge in [-0.05, 0) is 30.2 Å². The minimum atomic E-state index is -0.635. The monoisotopic (exact) mass is 260 g/mol. The Kier molecular flexibility index (Phi) is 4.07. The summed E-state index contributed by atoms with van der Waals surface area (Å²) in [5, 5.41) is 11.8. The van der Waals surface area contributed by atoms with Crippen LogP contribution in [0.4, 0.5) is 4.39 Å². The van der Waals surface area contributed by atoms with Crippen molar-refractivity contribution >= 4 is 5.91 Å². The van der Waals surface area contributed by atoms with E-state index in [1.165, 1.54) is 12.3 Å². The molecule has 98 valence electrons. The summed E-state index contributed by atoms with van der Waals surface area (Å²) in [6, 6.07) is 8.05. The Morgan fingerprint density at radius 3 is 2.68 bits per heavy atom. The third kappa shape index (κ3) is 3.51. The first-order chi connectivity index (χ1) is 9.16. The van der Waals surface area contributed by atoms with Crippen molar-refractivity contribution in [3.63, 3.8) is 0 Å². The number of aromatic hydroxyl groups is 1. The predicted molar refractivity (Wildman–Crippen MR) is 68.3 cm³/mol. The average Bonchev–Trinajstić information content (AvgIpc) is 2.41. The van der Waals surface area contributed by atoms with Crippen LogP contribution < -0.4 is 5.32 Å². The molecule has 0 aliphatic heterocycles. The number of halogens is 1. The number of amides is 1. The Hall–Kier alpha value is -2.43. The van der Waals surface area contributed by atoms with Crippen LogP contribution in [0, 0.1) is 5.82 Å². The molecule has 5 heteroatoms. The molecule has 2 aromatic rings. The van der Waals surface area contributed by atoms with Crippen LogP contribution >= 0.6 is 0 Å². The number of aromatic nitrogens is 1. The predicted octanol–water partition coefficient (Wildman–Crippen LogP) is 1.90. The fraction of sp³-hybridized carbons (Fsp3) is 0.143. The van der Waals surface area contributed by atoms with Crippen LogP contribution in [0.2, 0.25) is 0 Å². The standard InChI is InChI=1S/C14H13FN2O2/c15-13-9-16-7-6-12(13)14(19)17-8-5-10-1-3-11(18)4-2-10/h1-4,6-7,9,18H,5,8H2,(H,17,19). The average molecular weight is 260 g/mol. The minimum absolute atomic E-state index is 0.0132. The number of hydrogen-bond acceptors (Lipinski definition) is 3. The van der Waals surface area contributed by atoms with E-state index >= 15 is 0 Å². The van der Waals surface area contributed by atoms with Crippen molar-refractivity contribution in [3.8, 4) is 5.75 Å². The van der Waals surface area contributed by atoms with Crippen molar-refractivity contribution in [1.82, 2.24) is 10.3 Å². The van der Waals surface area contributed by atoms with Crippen molar-refractivity contribution in [3.05, 3.63) is 59.7 Å². The number of nitrogens with zero attached hydrogens (tertiary/aromatic N) is 1. The quantitative estimate of drug-likeness (QED) is 0.882. The summed E-state index contributed by atoms with van der Waals surface area (Å²) in [6.45, 7) is 0.394. The molecule has 4 nitrogen and oxygen atoms in total. The van der Waals surface area contributed by atoms with Crippen LogP contribution in [0.1, 0.15) is 15.9 Å². The Morgan fingerprint density at radius 2 is 2.00 bits per heavy atom. The van der Waals surface area contributed by atoms with Crippen LogP contribution in [0.5, 0.6) is 5.75 Å². The van der Waals surface area contributed by atoms with E-state index in [-0.39, 0.29) is 11.3 Å². The first-order valence-corrected chi connectivity index (χ1v) is 5.82. The molecule has 0 spiro atoms. The van der Waals surface area contributed by atoms with Crippen LogP contribution in [-0.2, 0) is 6.42 Å². The molecule has 0 unspecified atom stereocenters. The van der Waals surface area contributed by atoms with E-state index in [0.717, 1.165) is 11.8 Å². The maximum atomic E-state index is 13.3. The highest BCUT2D eigenvalue weighted by Gasteiger charge is 2.10. The van der Waals surface area contributed by atoms with Crippen LogP contribution in [-0.4, -0.2) is 22.5 Å². The lowest BCUT2D eigenvalue weighted by atomic mass is 10.1. The van der Waals surface area contributed by atoms with Crippen LogP contribution in [0.15, 0.2) is 42.7 Å². The number of pyridine rings is 1. The molecule has 1 amide bonds. The largest absolute Gasteiger partial charge is 0.508 e. The fourth-order valence-electron chi connectivity index (χ4n) is 1.64. The molecule has 2 rings (SSSR count). The van der Waals surface area contributed by atoms with E-state index in [2.05, 4.69) is 10.3 Å². The van der Waals surface area contributed by atoms with Gasteiger partial charge in [-0.2, -0.15) is 0 Å². The van der Waals surface area contributed by atoms with E-state index < -0.39 is 11.7 Å². The van der Waals surface area contributed by atoms with Gasteiger partial charge in [0.15, 0.2) is 5.82 Å². The van der Waals surface area contributed by atoms with Gasteiger partial charge in [-0.3, -0.25) is 9.78 Å². The first-order valence-electron chi connectivity index (χ1n) is 5.82. The van der Waals surface area contributed by atoms with Crippen molar-refractivity contribution in [2.45, 2.75) is 6.42 Å². The SMILES string of the molecule is O=C(NCCc1ccc(O)cc1)c1ccncc1F. The Labute approximate surface area is 109 Å². The molecule has 0 fully saturated rings. The maximum absolute atomic E-state index is 13.3. The number of benzene rings is 1. The van der Waals surface area contributed by atoms with Gasteiger partial charge >= 0.3 is 0 Å². The zero-order valence-corrected chi connectivity index (χ0v) is 10.1. The molecule has 2 N–H and O–H groups in total. The Bertz CT molecular complexity index is 570. The molecule has 1 aromatic carbocycles. The van der Waals surface area contributed by atoms with Gasteiger partial charge in [-0.25, -0.2) is 4.39 Å². The molecule has 0 saturated carbocycles. The number of phenols is 1. The lowest BCUT2D eigenvalue weighted by molar-refractivity contribution is 0.0950. The van der Waals surface area contributed by atoms with Crippen LogP contribution in [0.25, 0.3) is 0 Å². The highest BCUT2D eigenvalue weighted by molar-refractivity contribution is 5.94. The second-order valence-corrected chi connectivity index (χ2v) is 4.03. The molecule has 0 bridgehead atoms. The zero-order chi connectivity index (χ0) is 13.7. The number of phenolic OH excluding ortho intramolecular Hbond substituents is 1. The summed E-state index contributed by atoms with van der Waals surface area (Å²) in [4.78, 5) is 15.3. The van der Waals surface area contributed by atoms with Crippen LogP contribution in [0.3, 0.4) is 0 Å². The third-order valence-corrected chi connectivity index (χ3v) is 2.65. The summed E-state index contributed by atoms with van der Waals surface area (Å²) in [5.41, 5.74) is 0.967. The van der Waals surface area contributed by atoms with Crippen molar-refractivity contribution < 1.29 is 14.3 Å². The number of hydrogen-bond donors (Lipinski definition) is 2. The number of rotatable bonds is 4. The van der Waals surface area contributed by atoms with Gasteiger partial charge in [0.25, 0.3) is 5.91 Å². The zero-order valence-electron chi connectivity index (χ0n) is 10.1. The summed E-state index contributed by atoms with van der Waals surface area (Å²) < 4.78 is 13.3. The molecule has 1 heterocycles. The van der Waals surface area contributed by atoms with Gasteiger partial charge in [0.1, 0.15) is 5.75 Å². The Morgan fingerprint density at radius 1 is 1.26 bits per heavy atom. The molecule has 0 aliphatic rings. The molecule has 0 saturated heterocycles. The third-order valence-electron chi connectivity index (χ3n) is 2.65. The van der Waals surface area contributed by atoms with Gasteiger partial charge in [-0.15, -0.1) is 0 Å². The highest BCUT2D eigenvalue weighted by Crippen LogP contribution is 2.10. The number of carbonyl (C=O) groups is 1. The molecule has 0 aliphatic carbocycles. The van der Waals surface area contributed by atoms with E-state index in [0.29, 0.717) is 13.0 Å². The highest BCUT2D eigenvalue weighted by atomic mass is 19.1. The fourth-order valence-corrected chi connectivity index (χ4v) is 1.64. The van der Waals surface area contributed by atoms with Crippen molar-refractivity contribution in [2.75, 3.05) is 6.54 Å². The van der Waals surface area contributed by atoms with E-state index in [9.17, 15) is 9.18 Å². The van der Waals surface area contributed by atoms with E-state index in [1.807, 2.05) is 0 Å². The van der Waals surface area contributed by atoms with E-state index in [1.54, 1.807) is 24.3 Å². The second kappa shape index (κ2) is 5.95. The van der Waals surface area contributed by atoms with Gasteiger partial charge in [0.2, 0.25) is 0 Å². The summed E-state index contributed by atoms with van der Waals surface area (Å²) in [6.07, 6.45) is 2.99. The molecular weight excluding hydrogens is 247 g/mol. The maximum Gasteiger partial charge on any atom is 0.254 e. The first kappa shape index (κ1) is 13.0. The van der Waals surface area contributed by atoms with E-state index in [4.69, 9.17) is 5.11 Å². The number of nitrogens with one attached hydrogen (secondary N) is 1. The van der Waals surface area contributed by atoms with Gasteiger partial charge in [0.05, 0.1) is 11.8 Å². The lowest BCUT2D eigenvalue weighted by Gasteiger charge is -2.06. The lowest BCUT2D eigenvalue weighted by Crippen LogP contribution is -2.26. The van der Waals surface area contributed by atoms with Gasteiger partial charge in [0, 0.05) is 12.7 Å². The van der Waals surface area contributed by atoms with Crippen molar-refractivity contribution in [2.24, 2.45) is 0 Å².